The van der Waals surface area contributed by atoms with Crippen molar-refractivity contribution in [3.05, 3.63) is 87.3 Å². The van der Waals surface area contributed by atoms with E-state index in [0.29, 0.717) is 5.56 Å². The Morgan fingerprint density at radius 3 is 2.53 bits per heavy atom. The van der Waals surface area contributed by atoms with Crippen LogP contribution in [-0.4, -0.2) is 42.9 Å². The van der Waals surface area contributed by atoms with Gasteiger partial charge in [0, 0.05) is 16.0 Å². The number of quaternary nitrogens is 1. The topological polar surface area (TPSA) is 53.9 Å². The molecule has 0 atom stereocenters. The summed E-state index contributed by atoms with van der Waals surface area (Å²) in [5, 5.41) is 3.82. The van der Waals surface area contributed by atoms with Crippen LogP contribution in [0, 0.1) is 6.92 Å². The molecule has 2 aromatic carbocycles. The molecular weight excluding hydrogens is 442 g/mol. The lowest BCUT2D eigenvalue weighted by Gasteiger charge is -2.32. The third-order valence-electron chi connectivity index (χ3n) is 6.95. The van der Waals surface area contributed by atoms with Crippen molar-refractivity contribution >= 4 is 28.2 Å². The van der Waals surface area contributed by atoms with Gasteiger partial charge in [0.05, 0.1) is 31.7 Å². The Balaban J connectivity index is 1.33. The number of carbonyl (C=O) groups is 2. The van der Waals surface area contributed by atoms with Crippen molar-refractivity contribution in [1.29, 1.82) is 0 Å². The summed E-state index contributed by atoms with van der Waals surface area (Å²) in [7, 11) is 0. The molecule has 2 heterocycles. The maximum Gasteiger partial charge on any atom is 0.257 e. The number of hydrogen-bond acceptors (Lipinski definition) is 3. The second-order valence-electron chi connectivity index (χ2n) is 9.44. The van der Waals surface area contributed by atoms with E-state index in [1.165, 1.54) is 20.9 Å². The van der Waals surface area contributed by atoms with E-state index < -0.39 is 0 Å². The molecule has 5 rings (SSSR count). The van der Waals surface area contributed by atoms with Gasteiger partial charge in [0.15, 0.2) is 0 Å². The van der Waals surface area contributed by atoms with Gasteiger partial charge < -0.3 is 15.1 Å². The van der Waals surface area contributed by atoms with Gasteiger partial charge >= 0.3 is 0 Å². The van der Waals surface area contributed by atoms with Crippen molar-refractivity contribution in [1.82, 2.24) is 4.90 Å². The summed E-state index contributed by atoms with van der Waals surface area (Å²) in [5.74, 6) is -0.0637. The van der Waals surface area contributed by atoms with Crippen LogP contribution in [0.15, 0.2) is 54.6 Å². The van der Waals surface area contributed by atoms with E-state index >= 15 is 0 Å². The summed E-state index contributed by atoms with van der Waals surface area (Å²) in [6, 6.07) is 18.2. The summed E-state index contributed by atoms with van der Waals surface area (Å²) in [6.45, 7) is 6.35. The van der Waals surface area contributed by atoms with Crippen molar-refractivity contribution < 1.29 is 14.5 Å². The first-order valence-electron chi connectivity index (χ1n) is 12.3. The summed E-state index contributed by atoms with van der Waals surface area (Å²) in [6.07, 6.45) is 4.17. The molecule has 1 aliphatic carbocycles. The zero-order valence-corrected chi connectivity index (χ0v) is 20.5. The van der Waals surface area contributed by atoms with Gasteiger partial charge in [-0.1, -0.05) is 48.0 Å². The first-order chi connectivity index (χ1) is 16.6. The highest BCUT2D eigenvalue weighted by Crippen LogP contribution is 2.39. The quantitative estimate of drug-likeness (QED) is 0.592. The number of piperazine rings is 1. The summed E-state index contributed by atoms with van der Waals surface area (Å²) in [4.78, 5) is 31.5. The molecule has 5 nitrogen and oxygen atoms in total. The number of anilines is 1. The molecule has 34 heavy (non-hydrogen) atoms. The van der Waals surface area contributed by atoms with Gasteiger partial charge in [0.2, 0.25) is 0 Å². The van der Waals surface area contributed by atoms with Crippen LogP contribution in [0.25, 0.3) is 0 Å². The number of fused-ring (bicyclic) bond motifs is 1. The van der Waals surface area contributed by atoms with Gasteiger partial charge in [-0.05, 0) is 50.3 Å². The number of amides is 2. The van der Waals surface area contributed by atoms with Gasteiger partial charge in [-0.15, -0.1) is 11.3 Å². The van der Waals surface area contributed by atoms with Crippen LogP contribution in [-0.2, 0) is 19.4 Å². The number of aryl methyl sites for hydroxylation is 2. The van der Waals surface area contributed by atoms with Gasteiger partial charge in [-0.3, -0.25) is 9.59 Å². The van der Waals surface area contributed by atoms with Crippen molar-refractivity contribution in [3.63, 3.8) is 0 Å². The molecule has 0 bridgehead atoms. The minimum absolute atomic E-state index is 0.0812. The van der Waals surface area contributed by atoms with Crippen LogP contribution in [0.4, 0.5) is 5.00 Å². The smallest absolute Gasteiger partial charge is 0.257 e. The molecule has 0 spiro atoms. The van der Waals surface area contributed by atoms with Crippen LogP contribution in [0.1, 0.15) is 55.1 Å². The molecule has 2 N–H and O–H groups in total. The van der Waals surface area contributed by atoms with Crippen molar-refractivity contribution in [2.75, 3.05) is 31.5 Å². The standard InChI is InChI=1S/C28H31N3O2S/c1-20-8-7-11-22(18-20)26(32)29-27-25(23-12-5-6-13-24(23)34-27)28(33)31-16-14-30(15-17-31)19-21-9-3-2-4-10-21/h2-4,7-11,18H,5-6,12-17,19H2,1H3,(H,29,32)/p+1. The Morgan fingerprint density at radius 1 is 1.00 bits per heavy atom. The van der Waals surface area contributed by atoms with E-state index in [2.05, 4.69) is 29.6 Å². The molecule has 1 fully saturated rings. The number of carbonyl (C=O) groups excluding carboxylic acids is 2. The molecule has 2 amide bonds. The van der Waals surface area contributed by atoms with Crippen LogP contribution in [0.2, 0.25) is 0 Å². The van der Waals surface area contributed by atoms with E-state index in [1.54, 1.807) is 11.3 Å². The van der Waals surface area contributed by atoms with Crippen LogP contribution < -0.4 is 10.2 Å². The Labute approximate surface area is 205 Å². The Morgan fingerprint density at radius 2 is 1.76 bits per heavy atom. The Bertz CT molecular complexity index is 1180. The number of nitrogens with zero attached hydrogens (tertiary/aromatic N) is 1. The number of nitrogens with one attached hydrogen (secondary N) is 2. The fraction of sp³-hybridized carbons (Fsp3) is 0.357. The molecular formula is C28H32N3O2S+. The summed E-state index contributed by atoms with van der Waals surface area (Å²) >= 11 is 1.60. The maximum absolute atomic E-state index is 13.8. The lowest BCUT2D eigenvalue weighted by molar-refractivity contribution is -0.917. The Kier molecular flexibility index (Phi) is 6.79. The normalized spacial score (nSPS) is 16.2. The largest absolute Gasteiger partial charge is 0.328 e. The molecule has 1 saturated heterocycles. The first-order valence-corrected chi connectivity index (χ1v) is 13.1. The van der Waals surface area contributed by atoms with Crippen LogP contribution in [0.3, 0.4) is 0 Å². The minimum atomic E-state index is -0.145. The molecule has 3 aromatic rings. The summed E-state index contributed by atoms with van der Waals surface area (Å²) in [5.41, 5.74) is 4.92. The monoisotopic (exact) mass is 474 g/mol. The van der Waals surface area contributed by atoms with Gasteiger partial charge in [-0.25, -0.2) is 0 Å². The number of benzene rings is 2. The summed E-state index contributed by atoms with van der Waals surface area (Å²) < 4.78 is 0. The first kappa shape index (κ1) is 22.8. The SMILES string of the molecule is Cc1cccc(C(=O)Nc2sc3c(c2C(=O)N2CC[NH+](Cc4ccccc4)CC2)CCCC3)c1. The van der Waals surface area contributed by atoms with Gasteiger partial charge in [-0.2, -0.15) is 0 Å². The fourth-order valence-electron chi connectivity index (χ4n) is 5.09. The molecule has 1 aromatic heterocycles. The third kappa shape index (κ3) is 4.93. The highest BCUT2D eigenvalue weighted by Gasteiger charge is 2.32. The average Bonchev–Trinajstić information content (AvgIpc) is 3.22. The second-order valence-corrected chi connectivity index (χ2v) is 10.5. The highest BCUT2D eigenvalue weighted by molar-refractivity contribution is 7.17. The lowest BCUT2D eigenvalue weighted by Crippen LogP contribution is -3.13. The zero-order valence-electron chi connectivity index (χ0n) is 19.7. The molecule has 1 aliphatic heterocycles. The highest BCUT2D eigenvalue weighted by atomic mass is 32.1. The Hall–Kier alpha value is -2.96. The number of rotatable bonds is 5. The minimum Gasteiger partial charge on any atom is -0.328 e. The predicted octanol–water partition coefficient (Wildman–Crippen LogP) is 3.73. The molecule has 0 radical (unpaired) electrons. The van der Waals surface area contributed by atoms with E-state index in [4.69, 9.17) is 0 Å². The maximum atomic E-state index is 13.8. The molecule has 2 aliphatic rings. The van der Waals surface area contributed by atoms with E-state index in [0.717, 1.165) is 74.5 Å². The van der Waals surface area contributed by atoms with E-state index in [-0.39, 0.29) is 11.8 Å². The van der Waals surface area contributed by atoms with Crippen molar-refractivity contribution in [3.8, 4) is 0 Å². The number of thiophene rings is 1. The lowest BCUT2D eigenvalue weighted by atomic mass is 9.95. The number of hydrogen-bond donors (Lipinski definition) is 2. The fourth-order valence-corrected chi connectivity index (χ4v) is 6.36. The van der Waals surface area contributed by atoms with E-state index in [1.807, 2.05) is 42.2 Å². The van der Waals surface area contributed by atoms with Crippen molar-refractivity contribution in [2.45, 2.75) is 39.2 Å². The molecule has 0 unspecified atom stereocenters. The van der Waals surface area contributed by atoms with E-state index in [9.17, 15) is 9.59 Å². The van der Waals surface area contributed by atoms with Gasteiger partial charge in [0.25, 0.3) is 11.8 Å². The predicted molar refractivity (Wildman–Crippen MR) is 137 cm³/mol. The van der Waals surface area contributed by atoms with Crippen LogP contribution >= 0.6 is 11.3 Å². The second kappa shape index (κ2) is 10.1. The third-order valence-corrected chi connectivity index (χ3v) is 8.15. The van der Waals surface area contributed by atoms with Gasteiger partial charge in [0.1, 0.15) is 11.5 Å². The van der Waals surface area contributed by atoms with Crippen molar-refractivity contribution in [2.24, 2.45) is 0 Å². The molecule has 176 valence electrons. The molecule has 0 saturated carbocycles. The van der Waals surface area contributed by atoms with Crippen LogP contribution in [0.5, 0.6) is 0 Å². The molecule has 6 heteroatoms. The zero-order chi connectivity index (χ0) is 23.5. The average molecular weight is 475 g/mol.